The van der Waals surface area contributed by atoms with Gasteiger partial charge in [0.2, 0.25) is 0 Å². The van der Waals surface area contributed by atoms with Crippen molar-refractivity contribution in [2.24, 2.45) is 0 Å². The van der Waals surface area contributed by atoms with Gasteiger partial charge in [0.15, 0.2) is 0 Å². The largest absolute Gasteiger partial charge is 0.495 e. The molecule has 0 spiro atoms. The number of ether oxygens (including phenoxy) is 1. The molecule has 0 unspecified atom stereocenters. The van der Waals surface area contributed by atoms with Gasteiger partial charge in [0, 0.05) is 9.26 Å². The highest BCUT2D eigenvalue weighted by molar-refractivity contribution is 14.1. The number of methoxy groups -OCH3 is 1. The van der Waals surface area contributed by atoms with Crippen molar-refractivity contribution in [2.45, 2.75) is 6.92 Å². The Morgan fingerprint density at radius 2 is 1.80 bits per heavy atom. The van der Waals surface area contributed by atoms with Crippen LogP contribution in [0.3, 0.4) is 0 Å². The molecule has 2 aromatic rings. The molecule has 2 amide bonds. The van der Waals surface area contributed by atoms with Crippen LogP contribution in [0.2, 0.25) is 0 Å². The van der Waals surface area contributed by atoms with Crippen molar-refractivity contribution in [2.75, 3.05) is 17.7 Å². The zero-order chi connectivity index (χ0) is 14.5. The molecule has 0 radical (unpaired) electrons. The number of aryl methyl sites for hydroxylation is 1. The average Bonchev–Trinajstić information content (AvgIpc) is 2.42. The SMILES string of the molecule is COc1ccccc1NC(=O)Nc1ccc(I)cc1C. The molecule has 0 aromatic heterocycles. The Balaban J connectivity index is 2.09. The van der Waals surface area contributed by atoms with E-state index >= 15 is 0 Å². The lowest BCUT2D eigenvalue weighted by molar-refractivity contribution is 0.262. The molecule has 0 heterocycles. The number of hydrogen-bond acceptors (Lipinski definition) is 2. The summed E-state index contributed by atoms with van der Waals surface area (Å²) in [4.78, 5) is 12.0. The van der Waals surface area contributed by atoms with Crippen LogP contribution >= 0.6 is 22.6 Å². The molecule has 0 aliphatic heterocycles. The van der Waals surface area contributed by atoms with Gasteiger partial charge < -0.3 is 15.4 Å². The van der Waals surface area contributed by atoms with E-state index in [9.17, 15) is 4.79 Å². The molecule has 2 aromatic carbocycles. The molecule has 0 aliphatic rings. The molecular weight excluding hydrogens is 367 g/mol. The number of urea groups is 1. The lowest BCUT2D eigenvalue weighted by Crippen LogP contribution is -2.20. The van der Waals surface area contributed by atoms with E-state index in [1.54, 1.807) is 19.2 Å². The number of halogens is 1. The van der Waals surface area contributed by atoms with Crippen LogP contribution in [0.1, 0.15) is 5.56 Å². The van der Waals surface area contributed by atoms with Crippen LogP contribution in [-0.2, 0) is 0 Å². The molecule has 0 bridgehead atoms. The average molecular weight is 382 g/mol. The number of carbonyl (C=O) groups excluding carboxylic acids is 1. The number of benzene rings is 2. The Bertz CT molecular complexity index is 629. The molecule has 0 atom stereocenters. The fraction of sp³-hybridized carbons (Fsp3) is 0.133. The summed E-state index contributed by atoms with van der Waals surface area (Å²) in [7, 11) is 1.57. The molecule has 0 saturated heterocycles. The number of amides is 2. The van der Waals surface area contributed by atoms with E-state index in [0.717, 1.165) is 14.8 Å². The first-order valence-corrected chi connectivity index (χ1v) is 7.15. The minimum atomic E-state index is -0.293. The molecule has 0 saturated carbocycles. The number of para-hydroxylation sites is 2. The molecule has 104 valence electrons. The summed E-state index contributed by atoms with van der Waals surface area (Å²) in [6.07, 6.45) is 0. The van der Waals surface area contributed by atoms with E-state index in [2.05, 4.69) is 33.2 Å². The maximum Gasteiger partial charge on any atom is 0.323 e. The van der Waals surface area contributed by atoms with E-state index < -0.39 is 0 Å². The predicted molar refractivity (Wildman–Crippen MR) is 89.5 cm³/mol. The van der Waals surface area contributed by atoms with E-state index in [4.69, 9.17) is 4.74 Å². The Hall–Kier alpha value is -1.76. The summed E-state index contributed by atoms with van der Waals surface area (Å²) in [5.41, 5.74) is 2.44. The van der Waals surface area contributed by atoms with Crippen molar-refractivity contribution in [1.82, 2.24) is 0 Å². The smallest absolute Gasteiger partial charge is 0.323 e. The minimum absolute atomic E-state index is 0.293. The first kappa shape index (κ1) is 14.6. The third-order valence-corrected chi connectivity index (χ3v) is 3.46. The van der Waals surface area contributed by atoms with Crippen LogP contribution in [0.4, 0.5) is 16.2 Å². The van der Waals surface area contributed by atoms with Crippen molar-refractivity contribution in [1.29, 1.82) is 0 Å². The second-order valence-corrected chi connectivity index (χ2v) is 5.48. The first-order valence-electron chi connectivity index (χ1n) is 6.07. The number of nitrogens with one attached hydrogen (secondary N) is 2. The fourth-order valence-electron chi connectivity index (χ4n) is 1.79. The summed E-state index contributed by atoms with van der Waals surface area (Å²) >= 11 is 2.24. The van der Waals surface area contributed by atoms with Gasteiger partial charge in [-0.1, -0.05) is 12.1 Å². The Kier molecular flexibility index (Phi) is 4.84. The van der Waals surface area contributed by atoms with Crippen LogP contribution in [-0.4, -0.2) is 13.1 Å². The van der Waals surface area contributed by atoms with E-state index in [1.807, 2.05) is 37.3 Å². The van der Waals surface area contributed by atoms with Gasteiger partial charge in [-0.25, -0.2) is 4.79 Å². The lowest BCUT2D eigenvalue weighted by atomic mass is 10.2. The zero-order valence-electron chi connectivity index (χ0n) is 11.2. The third-order valence-electron chi connectivity index (χ3n) is 2.79. The monoisotopic (exact) mass is 382 g/mol. The molecular formula is C15H15IN2O2. The molecule has 20 heavy (non-hydrogen) atoms. The summed E-state index contributed by atoms with van der Waals surface area (Å²) in [5.74, 6) is 0.627. The molecule has 0 fully saturated rings. The number of anilines is 2. The lowest BCUT2D eigenvalue weighted by Gasteiger charge is -2.12. The van der Waals surface area contributed by atoms with Crippen molar-refractivity contribution >= 4 is 40.0 Å². The summed E-state index contributed by atoms with van der Waals surface area (Å²) in [5, 5.41) is 5.60. The Morgan fingerprint density at radius 3 is 2.50 bits per heavy atom. The van der Waals surface area contributed by atoms with Gasteiger partial charge in [0.25, 0.3) is 0 Å². The van der Waals surface area contributed by atoms with Gasteiger partial charge in [-0.2, -0.15) is 0 Å². The van der Waals surface area contributed by atoms with Gasteiger partial charge in [-0.05, 0) is 65.4 Å². The molecule has 2 N–H and O–H groups in total. The van der Waals surface area contributed by atoms with Crippen molar-refractivity contribution in [3.8, 4) is 5.75 Å². The summed E-state index contributed by atoms with van der Waals surface area (Å²) in [6.45, 7) is 1.96. The van der Waals surface area contributed by atoms with Gasteiger partial charge in [0.1, 0.15) is 5.75 Å². The van der Waals surface area contributed by atoms with Crippen molar-refractivity contribution in [3.05, 3.63) is 51.6 Å². The van der Waals surface area contributed by atoms with Crippen molar-refractivity contribution < 1.29 is 9.53 Å². The predicted octanol–water partition coefficient (Wildman–Crippen LogP) is 4.25. The van der Waals surface area contributed by atoms with Gasteiger partial charge in [0.05, 0.1) is 12.8 Å². The second kappa shape index (κ2) is 6.60. The highest BCUT2D eigenvalue weighted by atomic mass is 127. The summed E-state index contributed by atoms with van der Waals surface area (Å²) in [6, 6.07) is 12.8. The van der Waals surface area contributed by atoms with Gasteiger partial charge >= 0.3 is 6.03 Å². The van der Waals surface area contributed by atoms with E-state index in [1.165, 1.54) is 0 Å². The van der Waals surface area contributed by atoms with E-state index in [-0.39, 0.29) is 6.03 Å². The molecule has 0 aliphatic carbocycles. The molecule has 5 heteroatoms. The van der Waals surface area contributed by atoms with Crippen LogP contribution in [0.15, 0.2) is 42.5 Å². The normalized spacial score (nSPS) is 9.95. The maximum absolute atomic E-state index is 12.0. The molecule has 4 nitrogen and oxygen atoms in total. The highest BCUT2D eigenvalue weighted by Crippen LogP contribution is 2.23. The van der Waals surface area contributed by atoms with Crippen LogP contribution in [0, 0.1) is 10.5 Å². The van der Waals surface area contributed by atoms with Crippen LogP contribution in [0.25, 0.3) is 0 Å². The minimum Gasteiger partial charge on any atom is -0.495 e. The van der Waals surface area contributed by atoms with Crippen LogP contribution in [0.5, 0.6) is 5.75 Å². The Morgan fingerprint density at radius 1 is 1.10 bits per heavy atom. The summed E-state index contributed by atoms with van der Waals surface area (Å²) < 4.78 is 6.33. The quantitative estimate of drug-likeness (QED) is 0.780. The number of carbonyl (C=O) groups is 1. The fourth-order valence-corrected chi connectivity index (χ4v) is 2.44. The first-order chi connectivity index (χ1) is 9.60. The Labute approximate surface area is 131 Å². The van der Waals surface area contributed by atoms with Crippen LogP contribution < -0.4 is 15.4 Å². The maximum atomic E-state index is 12.0. The van der Waals surface area contributed by atoms with Crippen molar-refractivity contribution in [3.63, 3.8) is 0 Å². The van der Waals surface area contributed by atoms with Gasteiger partial charge in [-0.3, -0.25) is 0 Å². The highest BCUT2D eigenvalue weighted by Gasteiger charge is 2.08. The number of rotatable bonds is 3. The third kappa shape index (κ3) is 3.63. The second-order valence-electron chi connectivity index (χ2n) is 4.24. The van der Waals surface area contributed by atoms with E-state index in [0.29, 0.717) is 11.4 Å². The zero-order valence-corrected chi connectivity index (χ0v) is 13.4. The topological polar surface area (TPSA) is 50.4 Å². The van der Waals surface area contributed by atoms with Gasteiger partial charge in [-0.15, -0.1) is 0 Å². The molecule has 2 rings (SSSR count). The standard InChI is InChI=1S/C15H15IN2O2/c1-10-9-11(16)7-8-12(10)17-15(19)18-13-5-3-4-6-14(13)20-2/h3-9H,1-2H3,(H2,17,18,19). The number of hydrogen-bond donors (Lipinski definition) is 2.